The number of hydrogen-bond acceptors (Lipinski definition) is 6. The molecule has 0 aliphatic carbocycles. The van der Waals surface area contributed by atoms with Gasteiger partial charge in [0.2, 0.25) is 0 Å². The van der Waals surface area contributed by atoms with Crippen LogP contribution in [0, 0.1) is 13.1 Å². The molecule has 0 saturated heterocycles. The van der Waals surface area contributed by atoms with E-state index in [9.17, 15) is 0 Å². The highest BCUT2D eigenvalue weighted by molar-refractivity contribution is 5.93. The third kappa shape index (κ3) is 2.68. The van der Waals surface area contributed by atoms with E-state index in [1.165, 1.54) is 0 Å². The van der Waals surface area contributed by atoms with Gasteiger partial charge >= 0.3 is 0 Å². The molecule has 2 aliphatic rings. The van der Waals surface area contributed by atoms with Gasteiger partial charge in [-0.25, -0.2) is 0 Å². The summed E-state index contributed by atoms with van der Waals surface area (Å²) in [5.74, 6) is 1.71. The second-order valence-corrected chi connectivity index (χ2v) is 5.40. The summed E-state index contributed by atoms with van der Waals surface area (Å²) >= 11 is 0. The summed E-state index contributed by atoms with van der Waals surface area (Å²) < 4.78 is 0. The SMILES string of the molecule is CC(C)(N=NC(C)(C)C1=N[CH]CN1)C1=N[CH]CN1. The van der Waals surface area contributed by atoms with Crippen LogP contribution >= 0.6 is 0 Å². The highest BCUT2D eigenvalue weighted by Crippen LogP contribution is 2.20. The van der Waals surface area contributed by atoms with Gasteiger partial charge in [-0.1, -0.05) is 0 Å². The molecule has 0 atom stereocenters. The molecule has 0 aromatic rings. The molecule has 0 saturated carbocycles. The van der Waals surface area contributed by atoms with Crippen LogP contribution in [0.3, 0.4) is 0 Å². The first-order valence-electron chi connectivity index (χ1n) is 6.13. The molecule has 0 aromatic heterocycles. The van der Waals surface area contributed by atoms with Gasteiger partial charge in [-0.3, -0.25) is 9.98 Å². The molecular formula is C12H20N6. The molecule has 0 unspecified atom stereocenters. The van der Waals surface area contributed by atoms with Crippen molar-refractivity contribution in [2.24, 2.45) is 20.2 Å². The molecule has 6 heteroatoms. The maximum atomic E-state index is 4.43. The zero-order valence-electron chi connectivity index (χ0n) is 11.4. The zero-order valence-corrected chi connectivity index (χ0v) is 11.4. The van der Waals surface area contributed by atoms with E-state index in [4.69, 9.17) is 0 Å². The lowest BCUT2D eigenvalue weighted by Gasteiger charge is -2.23. The van der Waals surface area contributed by atoms with E-state index in [0.29, 0.717) is 0 Å². The maximum Gasteiger partial charge on any atom is 0.133 e. The molecule has 98 valence electrons. The van der Waals surface area contributed by atoms with Crippen LogP contribution in [0.25, 0.3) is 0 Å². The lowest BCUT2D eigenvalue weighted by Crippen LogP contribution is -2.41. The quantitative estimate of drug-likeness (QED) is 0.736. The predicted octanol–water partition coefficient (Wildman–Crippen LogP) is 1.32. The van der Waals surface area contributed by atoms with Gasteiger partial charge in [0.25, 0.3) is 0 Å². The van der Waals surface area contributed by atoms with Crippen molar-refractivity contribution < 1.29 is 0 Å². The number of rotatable bonds is 4. The van der Waals surface area contributed by atoms with Gasteiger partial charge in [-0.2, -0.15) is 10.2 Å². The van der Waals surface area contributed by atoms with Crippen LogP contribution in [0.4, 0.5) is 0 Å². The molecule has 0 spiro atoms. The van der Waals surface area contributed by atoms with Crippen molar-refractivity contribution >= 4 is 11.7 Å². The van der Waals surface area contributed by atoms with Crippen molar-refractivity contribution in [2.75, 3.05) is 13.1 Å². The Hall–Kier alpha value is -1.46. The van der Waals surface area contributed by atoms with Crippen molar-refractivity contribution in [3.05, 3.63) is 13.1 Å². The lowest BCUT2D eigenvalue weighted by atomic mass is 10.0. The van der Waals surface area contributed by atoms with Crippen molar-refractivity contribution in [1.29, 1.82) is 0 Å². The van der Waals surface area contributed by atoms with Crippen LogP contribution in [-0.4, -0.2) is 35.8 Å². The number of hydrogen-bond donors (Lipinski definition) is 2. The fourth-order valence-corrected chi connectivity index (χ4v) is 1.74. The van der Waals surface area contributed by atoms with Gasteiger partial charge in [0.1, 0.15) is 22.7 Å². The fourth-order valence-electron chi connectivity index (χ4n) is 1.74. The van der Waals surface area contributed by atoms with Crippen LogP contribution < -0.4 is 10.6 Å². The molecule has 6 nitrogen and oxygen atoms in total. The number of nitrogens with zero attached hydrogens (tertiary/aromatic N) is 4. The normalized spacial score (nSPS) is 20.7. The highest BCUT2D eigenvalue weighted by Gasteiger charge is 2.31. The molecule has 2 N–H and O–H groups in total. The molecule has 2 heterocycles. The van der Waals surface area contributed by atoms with Crippen LogP contribution in [0.2, 0.25) is 0 Å². The lowest BCUT2D eigenvalue weighted by molar-refractivity contribution is 0.552. The van der Waals surface area contributed by atoms with Gasteiger partial charge in [0.15, 0.2) is 0 Å². The Labute approximate surface area is 108 Å². The van der Waals surface area contributed by atoms with Crippen LogP contribution in [0.5, 0.6) is 0 Å². The van der Waals surface area contributed by atoms with Gasteiger partial charge < -0.3 is 10.6 Å². The molecule has 2 aliphatic heterocycles. The second kappa shape index (κ2) is 4.66. The summed E-state index contributed by atoms with van der Waals surface area (Å²) in [6, 6.07) is 0. The summed E-state index contributed by atoms with van der Waals surface area (Å²) in [6.45, 7) is 13.2. The number of amidine groups is 2. The average Bonchev–Trinajstić information content (AvgIpc) is 2.99. The first-order valence-corrected chi connectivity index (χ1v) is 6.13. The summed E-state index contributed by atoms with van der Waals surface area (Å²) in [5, 5.41) is 15.2. The number of aliphatic imine (C=N–C) groups is 2. The minimum absolute atomic E-state index is 0.437. The van der Waals surface area contributed by atoms with Crippen LogP contribution in [-0.2, 0) is 0 Å². The Morgan fingerprint density at radius 3 is 1.56 bits per heavy atom. The zero-order chi connectivity index (χ0) is 13.2. The van der Waals surface area contributed by atoms with E-state index in [-0.39, 0.29) is 0 Å². The Morgan fingerprint density at radius 1 is 0.889 bits per heavy atom. The minimum atomic E-state index is -0.437. The molecular weight excluding hydrogens is 228 g/mol. The van der Waals surface area contributed by atoms with Crippen molar-refractivity contribution in [2.45, 2.75) is 38.8 Å². The van der Waals surface area contributed by atoms with Crippen molar-refractivity contribution in [3.8, 4) is 0 Å². The van der Waals surface area contributed by atoms with Crippen molar-refractivity contribution in [3.63, 3.8) is 0 Å². The Kier molecular flexibility index (Phi) is 3.36. The Morgan fingerprint density at radius 2 is 1.28 bits per heavy atom. The highest BCUT2D eigenvalue weighted by atomic mass is 15.3. The van der Waals surface area contributed by atoms with E-state index in [1.54, 1.807) is 0 Å². The number of azo groups is 1. The molecule has 0 bridgehead atoms. The molecule has 0 amide bonds. The number of nitrogens with one attached hydrogen (secondary N) is 2. The van der Waals surface area contributed by atoms with E-state index >= 15 is 0 Å². The predicted molar refractivity (Wildman–Crippen MR) is 72.5 cm³/mol. The molecule has 0 fully saturated rings. The topological polar surface area (TPSA) is 73.5 Å². The fraction of sp³-hybridized carbons (Fsp3) is 0.667. The van der Waals surface area contributed by atoms with Crippen LogP contribution in [0.1, 0.15) is 27.7 Å². The summed E-state index contributed by atoms with van der Waals surface area (Å²) in [6.07, 6.45) is 0. The van der Waals surface area contributed by atoms with Gasteiger partial charge in [0.05, 0.1) is 13.1 Å². The largest absolute Gasteiger partial charge is 0.370 e. The monoisotopic (exact) mass is 248 g/mol. The third-order valence-corrected chi connectivity index (χ3v) is 2.87. The molecule has 18 heavy (non-hydrogen) atoms. The van der Waals surface area contributed by atoms with E-state index < -0.39 is 11.1 Å². The van der Waals surface area contributed by atoms with E-state index in [2.05, 4.69) is 30.8 Å². The second-order valence-electron chi connectivity index (χ2n) is 5.40. The maximum absolute atomic E-state index is 4.43. The Bertz CT molecular complexity index is 367. The molecule has 2 rings (SSSR count). The summed E-state index contributed by atoms with van der Waals surface area (Å²) in [5.41, 5.74) is -0.875. The first-order chi connectivity index (χ1) is 8.42. The van der Waals surface area contributed by atoms with Gasteiger partial charge in [-0.05, 0) is 27.7 Å². The summed E-state index contributed by atoms with van der Waals surface area (Å²) in [7, 11) is 0. The van der Waals surface area contributed by atoms with Gasteiger partial charge in [0, 0.05) is 13.1 Å². The average molecular weight is 248 g/mol. The van der Waals surface area contributed by atoms with Crippen LogP contribution in [0.15, 0.2) is 20.2 Å². The first kappa shape index (κ1) is 13.0. The molecule has 0 aromatic carbocycles. The molecule has 2 radical (unpaired) electrons. The third-order valence-electron chi connectivity index (χ3n) is 2.87. The smallest absolute Gasteiger partial charge is 0.133 e. The minimum Gasteiger partial charge on any atom is -0.370 e. The van der Waals surface area contributed by atoms with Gasteiger partial charge in [-0.15, -0.1) is 0 Å². The summed E-state index contributed by atoms with van der Waals surface area (Å²) in [4.78, 5) is 8.56. The standard InChI is InChI=1S/C12H20N6/c1-11(2,9-13-5-6-14-9)17-18-12(3,4)10-15-7-8-16-10/h5,7H,6,8H2,1-4H3,(H,13,14)(H,15,16). The Balaban J connectivity index is 2.09. The van der Waals surface area contributed by atoms with E-state index in [0.717, 1.165) is 24.8 Å². The van der Waals surface area contributed by atoms with E-state index in [1.807, 2.05) is 40.8 Å². The van der Waals surface area contributed by atoms with Crippen molar-refractivity contribution in [1.82, 2.24) is 10.6 Å².